The Balaban J connectivity index is 1.39. The number of amides is 1. The zero-order valence-electron chi connectivity index (χ0n) is 24.7. The first-order valence-corrected chi connectivity index (χ1v) is 15.6. The molecular formula is C32H40N4O5S. The molecule has 0 aliphatic carbocycles. The molecule has 224 valence electrons. The topological polar surface area (TPSA) is 102 Å². The van der Waals surface area contributed by atoms with Crippen LogP contribution in [0.15, 0.2) is 54.6 Å². The van der Waals surface area contributed by atoms with E-state index < -0.39 is 17.4 Å². The Morgan fingerprint density at radius 1 is 0.881 bits per heavy atom. The molecule has 10 heteroatoms. The first-order chi connectivity index (χ1) is 20.4. The van der Waals surface area contributed by atoms with E-state index in [0.717, 1.165) is 34.5 Å². The summed E-state index contributed by atoms with van der Waals surface area (Å²) >= 11 is 1.42. The zero-order valence-corrected chi connectivity index (χ0v) is 25.5. The van der Waals surface area contributed by atoms with Gasteiger partial charge in [0.05, 0.1) is 19.6 Å². The Kier molecular flexibility index (Phi) is 11.2. The fourth-order valence-corrected chi connectivity index (χ4v) is 5.98. The van der Waals surface area contributed by atoms with Crippen LogP contribution in [-0.2, 0) is 36.8 Å². The van der Waals surface area contributed by atoms with Gasteiger partial charge in [-0.1, -0.05) is 79.3 Å². The number of anilines is 1. The minimum atomic E-state index is -1.23. The fraction of sp³-hybridized carbons (Fsp3) is 0.469. The van der Waals surface area contributed by atoms with Gasteiger partial charge in [0.2, 0.25) is 11.0 Å². The van der Waals surface area contributed by atoms with Gasteiger partial charge < -0.3 is 9.47 Å². The molecule has 0 atom stereocenters. The van der Waals surface area contributed by atoms with Crippen LogP contribution in [0.2, 0.25) is 0 Å². The Morgan fingerprint density at radius 3 is 2.12 bits per heavy atom. The number of unbranched alkanes of at least 4 members (excludes halogenated alkanes) is 1. The number of rotatable bonds is 13. The maximum absolute atomic E-state index is 13.2. The molecule has 9 nitrogen and oxygen atoms in total. The highest BCUT2D eigenvalue weighted by Crippen LogP contribution is 2.35. The number of carbonyl (C=O) groups is 3. The third kappa shape index (κ3) is 7.60. The van der Waals surface area contributed by atoms with E-state index in [1.165, 1.54) is 11.3 Å². The predicted octanol–water partition coefficient (Wildman–Crippen LogP) is 5.29. The number of piperidine rings is 1. The molecule has 4 rings (SSSR count). The molecule has 0 saturated carbocycles. The molecule has 3 aromatic rings. The van der Waals surface area contributed by atoms with Crippen LogP contribution in [-0.4, -0.2) is 65.8 Å². The molecule has 1 aliphatic rings. The summed E-state index contributed by atoms with van der Waals surface area (Å²) in [5, 5.41) is 10.2. The van der Waals surface area contributed by atoms with E-state index in [1.54, 1.807) is 18.7 Å². The Labute approximate surface area is 251 Å². The van der Waals surface area contributed by atoms with E-state index in [1.807, 2.05) is 42.5 Å². The van der Waals surface area contributed by atoms with Gasteiger partial charge in [-0.25, -0.2) is 0 Å². The summed E-state index contributed by atoms with van der Waals surface area (Å²) in [5.74, 6) is -0.957. The SMILES string of the molecule is CCCCN(C(=O)Cc1ccccc1)c1nnc(-c2ccc(CN3CCC(C(=O)OCC)(C(=O)OCC)CC3)cc2)s1. The lowest BCUT2D eigenvalue weighted by Crippen LogP contribution is -2.50. The molecule has 1 aliphatic heterocycles. The Bertz CT molecular complexity index is 1300. The third-order valence-corrected chi connectivity index (χ3v) is 8.52. The molecular weight excluding hydrogens is 552 g/mol. The van der Waals surface area contributed by atoms with Gasteiger partial charge in [0.1, 0.15) is 5.01 Å². The quantitative estimate of drug-likeness (QED) is 0.195. The van der Waals surface area contributed by atoms with Crippen LogP contribution in [0, 0.1) is 5.41 Å². The number of hydrogen-bond acceptors (Lipinski definition) is 9. The number of nitrogens with zero attached hydrogens (tertiary/aromatic N) is 4. The highest BCUT2D eigenvalue weighted by atomic mass is 32.1. The number of likely N-dealkylation sites (tertiary alicyclic amines) is 1. The number of ether oxygens (including phenoxy) is 2. The van der Waals surface area contributed by atoms with Crippen molar-refractivity contribution >= 4 is 34.3 Å². The Morgan fingerprint density at radius 2 is 1.52 bits per heavy atom. The van der Waals surface area contributed by atoms with Gasteiger partial charge in [-0.15, -0.1) is 10.2 Å². The zero-order chi connectivity index (χ0) is 30.0. The maximum Gasteiger partial charge on any atom is 0.323 e. The largest absolute Gasteiger partial charge is 0.465 e. The minimum Gasteiger partial charge on any atom is -0.465 e. The van der Waals surface area contributed by atoms with E-state index in [4.69, 9.17) is 9.47 Å². The van der Waals surface area contributed by atoms with Crippen molar-refractivity contribution in [2.45, 2.75) is 59.4 Å². The van der Waals surface area contributed by atoms with Crippen molar-refractivity contribution in [2.75, 3.05) is 37.7 Å². The van der Waals surface area contributed by atoms with E-state index in [2.05, 4.69) is 34.2 Å². The molecule has 0 bridgehead atoms. The molecule has 0 N–H and O–H groups in total. The van der Waals surface area contributed by atoms with Crippen molar-refractivity contribution in [1.29, 1.82) is 0 Å². The van der Waals surface area contributed by atoms with Gasteiger partial charge in [0.25, 0.3) is 0 Å². The number of hydrogen-bond donors (Lipinski definition) is 0. The lowest BCUT2D eigenvalue weighted by Gasteiger charge is -2.38. The first kappa shape index (κ1) is 31.3. The highest BCUT2D eigenvalue weighted by molar-refractivity contribution is 7.18. The van der Waals surface area contributed by atoms with Gasteiger partial charge >= 0.3 is 11.9 Å². The minimum absolute atomic E-state index is 0.0177. The van der Waals surface area contributed by atoms with Crippen LogP contribution >= 0.6 is 11.3 Å². The lowest BCUT2D eigenvalue weighted by molar-refractivity contribution is -0.176. The van der Waals surface area contributed by atoms with Gasteiger partial charge in [0.15, 0.2) is 5.41 Å². The summed E-state index contributed by atoms with van der Waals surface area (Å²) < 4.78 is 10.5. The lowest BCUT2D eigenvalue weighted by atomic mass is 9.78. The molecule has 0 radical (unpaired) electrons. The molecule has 2 heterocycles. The second-order valence-corrected chi connectivity index (χ2v) is 11.4. The van der Waals surface area contributed by atoms with Crippen molar-refractivity contribution in [3.8, 4) is 10.6 Å². The average Bonchev–Trinajstić information content (AvgIpc) is 3.49. The third-order valence-electron chi connectivity index (χ3n) is 7.53. The summed E-state index contributed by atoms with van der Waals surface area (Å²) in [5.41, 5.74) is 1.81. The second-order valence-electron chi connectivity index (χ2n) is 10.4. The molecule has 42 heavy (non-hydrogen) atoms. The van der Waals surface area contributed by atoms with Gasteiger partial charge in [0, 0.05) is 31.7 Å². The van der Waals surface area contributed by atoms with E-state index in [0.29, 0.717) is 50.6 Å². The summed E-state index contributed by atoms with van der Waals surface area (Å²) in [7, 11) is 0. The number of aromatic nitrogens is 2. The van der Waals surface area contributed by atoms with Crippen molar-refractivity contribution in [3.05, 3.63) is 65.7 Å². The van der Waals surface area contributed by atoms with Crippen molar-refractivity contribution in [2.24, 2.45) is 5.41 Å². The smallest absolute Gasteiger partial charge is 0.323 e. The van der Waals surface area contributed by atoms with Gasteiger partial charge in [-0.05, 0) is 44.2 Å². The summed E-state index contributed by atoms with van der Waals surface area (Å²) in [6, 6.07) is 17.9. The fourth-order valence-electron chi connectivity index (χ4n) is 5.08. The highest BCUT2D eigenvalue weighted by Gasteiger charge is 2.50. The van der Waals surface area contributed by atoms with E-state index >= 15 is 0 Å². The normalized spacial score (nSPS) is 14.7. The van der Waals surface area contributed by atoms with Crippen LogP contribution in [0.4, 0.5) is 5.13 Å². The molecule has 1 aromatic heterocycles. The predicted molar refractivity (Wildman–Crippen MR) is 163 cm³/mol. The average molecular weight is 593 g/mol. The monoisotopic (exact) mass is 592 g/mol. The first-order valence-electron chi connectivity index (χ1n) is 14.7. The van der Waals surface area contributed by atoms with E-state index in [9.17, 15) is 14.4 Å². The molecule has 0 spiro atoms. The van der Waals surface area contributed by atoms with Crippen LogP contribution in [0.5, 0.6) is 0 Å². The molecule has 2 aromatic carbocycles. The summed E-state index contributed by atoms with van der Waals surface area (Å²) in [4.78, 5) is 42.6. The van der Waals surface area contributed by atoms with Gasteiger partial charge in [-0.2, -0.15) is 0 Å². The van der Waals surface area contributed by atoms with Crippen LogP contribution in [0.3, 0.4) is 0 Å². The van der Waals surface area contributed by atoms with Gasteiger partial charge in [-0.3, -0.25) is 24.2 Å². The van der Waals surface area contributed by atoms with Crippen LogP contribution in [0.1, 0.15) is 57.6 Å². The van der Waals surface area contributed by atoms with Crippen molar-refractivity contribution < 1.29 is 23.9 Å². The molecule has 1 saturated heterocycles. The Hall–Kier alpha value is -3.63. The van der Waals surface area contributed by atoms with E-state index in [-0.39, 0.29) is 19.1 Å². The second kappa shape index (κ2) is 15.0. The molecule has 0 unspecified atom stereocenters. The van der Waals surface area contributed by atoms with Crippen LogP contribution < -0.4 is 4.90 Å². The molecule has 1 amide bonds. The summed E-state index contributed by atoms with van der Waals surface area (Å²) in [6.07, 6.45) is 2.93. The van der Waals surface area contributed by atoms with Crippen molar-refractivity contribution in [3.63, 3.8) is 0 Å². The number of carbonyl (C=O) groups excluding carboxylic acids is 3. The number of benzene rings is 2. The maximum atomic E-state index is 13.2. The standard InChI is InChI=1S/C32H40N4O5S/c1-4-7-19-36(27(37)22-24-11-9-8-10-12-24)31-34-33-28(42-31)26-15-13-25(14-16-26)23-35-20-17-32(18-21-35,29(38)40-5-2)30(39)41-6-3/h8-16H,4-7,17-23H2,1-3H3. The summed E-state index contributed by atoms with van der Waals surface area (Å²) in [6.45, 7) is 8.53. The number of esters is 2. The van der Waals surface area contributed by atoms with Crippen LogP contribution in [0.25, 0.3) is 10.6 Å². The molecule has 1 fully saturated rings. The van der Waals surface area contributed by atoms with Crippen molar-refractivity contribution in [1.82, 2.24) is 15.1 Å².